The zero-order chi connectivity index (χ0) is 12.9. The van der Waals surface area contributed by atoms with E-state index in [0.717, 1.165) is 24.3 Å². The van der Waals surface area contributed by atoms with Crippen LogP contribution in [0.1, 0.15) is 38.8 Å². The molecular weight excluding hydrogens is 214 g/mol. The molecule has 1 unspecified atom stereocenters. The highest BCUT2D eigenvalue weighted by Gasteiger charge is 2.27. The fraction of sp³-hybridized carbons (Fsp3) is 0.571. The maximum Gasteiger partial charge on any atom is 0.119 e. The number of nitrogens with two attached hydrogens (primary N) is 1. The number of hydrogen-bond donors (Lipinski definition) is 1. The molecular formula is C14H23NO2. The van der Waals surface area contributed by atoms with Gasteiger partial charge in [-0.05, 0) is 38.0 Å². The van der Waals surface area contributed by atoms with E-state index in [4.69, 9.17) is 15.2 Å². The van der Waals surface area contributed by atoms with Crippen molar-refractivity contribution in [3.63, 3.8) is 0 Å². The van der Waals surface area contributed by atoms with Crippen molar-refractivity contribution in [2.45, 2.75) is 38.8 Å². The molecule has 1 atom stereocenters. The van der Waals surface area contributed by atoms with Gasteiger partial charge in [0.1, 0.15) is 5.75 Å². The molecule has 0 spiro atoms. The van der Waals surface area contributed by atoms with Crippen LogP contribution in [0.15, 0.2) is 24.3 Å². The highest BCUT2D eigenvalue weighted by atomic mass is 16.5. The first-order chi connectivity index (χ1) is 8.01. The molecule has 1 aromatic rings. The van der Waals surface area contributed by atoms with Crippen LogP contribution < -0.4 is 10.5 Å². The zero-order valence-corrected chi connectivity index (χ0v) is 11.2. The topological polar surface area (TPSA) is 44.5 Å². The summed E-state index contributed by atoms with van der Waals surface area (Å²) in [4.78, 5) is 0. The minimum atomic E-state index is -0.369. The molecule has 3 nitrogen and oxygen atoms in total. The Morgan fingerprint density at radius 2 is 1.82 bits per heavy atom. The third kappa shape index (κ3) is 3.72. The minimum absolute atomic E-state index is 0.146. The molecule has 0 bridgehead atoms. The van der Waals surface area contributed by atoms with Crippen molar-refractivity contribution in [1.29, 1.82) is 0 Å². The molecule has 0 heterocycles. The second kappa shape index (κ2) is 6.03. The predicted octanol–water partition coefficient (Wildman–Crippen LogP) is 2.90. The van der Waals surface area contributed by atoms with Crippen LogP contribution in [0, 0.1) is 0 Å². The summed E-state index contributed by atoms with van der Waals surface area (Å²) in [5.74, 6) is 0.887. The Hall–Kier alpha value is -1.06. The van der Waals surface area contributed by atoms with E-state index in [0.29, 0.717) is 0 Å². The van der Waals surface area contributed by atoms with E-state index >= 15 is 0 Å². The Morgan fingerprint density at radius 1 is 1.24 bits per heavy atom. The first kappa shape index (κ1) is 14.0. The van der Waals surface area contributed by atoms with Crippen molar-refractivity contribution in [3.8, 4) is 5.75 Å². The average molecular weight is 237 g/mol. The lowest BCUT2D eigenvalue weighted by atomic mass is 9.92. The zero-order valence-electron chi connectivity index (χ0n) is 11.2. The van der Waals surface area contributed by atoms with Crippen LogP contribution in [-0.4, -0.2) is 19.3 Å². The molecule has 0 aliphatic carbocycles. The molecule has 0 aromatic heterocycles. The van der Waals surface area contributed by atoms with Gasteiger partial charge in [0.15, 0.2) is 0 Å². The number of benzene rings is 1. The van der Waals surface area contributed by atoms with Crippen LogP contribution in [0.4, 0.5) is 0 Å². The molecule has 0 fully saturated rings. The first-order valence-corrected chi connectivity index (χ1v) is 6.04. The molecule has 1 aromatic carbocycles. The van der Waals surface area contributed by atoms with Gasteiger partial charge in [0.25, 0.3) is 0 Å². The lowest BCUT2D eigenvalue weighted by Gasteiger charge is -2.30. The fourth-order valence-electron chi connectivity index (χ4n) is 1.52. The van der Waals surface area contributed by atoms with E-state index in [2.05, 4.69) is 6.92 Å². The van der Waals surface area contributed by atoms with Crippen LogP contribution in [-0.2, 0) is 4.74 Å². The molecule has 1 rings (SSSR count). The van der Waals surface area contributed by atoms with Gasteiger partial charge in [-0.15, -0.1) is 0 Å². The molecule has 2 N–H and O–H groups in total. The minimum Gasteiger partial charge on any atom is -0.494 e. The fourth-order valence-corrected chi connectivity index (χ4v) is 1.52. The van der Waals surface area contributed by atoms with E-state index in [1.54, 1.807) is 7.11 Å². The van der Waals surface area contributed by atoms with Gasteiger partial charge in [-0.1, -0.05) is 19.1 Å². The number of hydrogen-bond acceptors (Lipinski definition) is 3. The molecule has 96 valence electrons. The van der Waals surface area contributed by atoms with Crippen LogP contribution in [0.3, 0.4) is 0 Å². The Morgan fingerprint density at radius 3 is 2.29 bits per heavy atom. The molecule has 0 saturated carbocycles. The molecule has 0 radical (unpaired) electrons. The second-order valence-corrected chi connectivity index (χ2v) is 4.70. The van der Waals surface area contributed by atoms with Crippen molar-refractivity contribution in [2.75, 3.05) is 13.7 Å². The normalized spacial score (nSPS) is 13.5. The number of ether oxygens (including phenoxy) is 2. The number of methoxy groups -OCH3 is 1. The highest BCUT2D eigenvalue weighted by Crippen LogP contribution is 2.27. The molecule has 17 heavy (non-hydrogen) atoms. The predicted molar refractivity (Wildman–Crippen MR) is 70.2 cm³/mol. The van der Waals surface area contributed by atoms with Gasteiger partial charge in [0.2, 0.25) is 0 Å². The molecule has 0 amide bonds. The van der Waals surface area contributed by atoms with Crippen molar-refractivity contribution in [1.82, 2.24) is 0 Å². The van der Waals surface area contributed by atoms with Crippen molar-refractivity contribution in [2.24, 2.45) is 5.73 Å². The summed E-state index contributed by atoms with van der Waals surface area (Å²) in [7, 11) is 1.68. The lowest BCUT2D eigenvalue weighted by Crippen LogP contribution is -2.37. The SMILES string of the molecule is CCCOc1ccc(C(N)C(C)(C)OC)cc1. The largest absolute Gasteiger partial charge is 0.494 e. The van der Waals surface area contributed by atoms with E-state index in [-0.39, 0.29) is 11.6 Å². The van der Waals surface area contributed by atoms with Gasteiger partial charge in [-0.3, -0.25) is 0 Å². The average Bonchev–Trinajstić information content (AvgIpc) is 2.36. The second-order valence-electron chi connectivity index (χ2n) is 4.70. The van der Waals surface area contributed by atoms with Crippen molar-refractivity contribution in [3.05, 3.63) is 29.8 Å². The summed E-state index contributed by atoms with van der Waals surface area (Å²) in [6.45, 7) is 6.80. The quantitative estimate of drug-likeness (QED) is 0.827. The molecule has 0 saturated heterocycles. The van der Waals surface area contributed by atoms with Gasteiger partial charge in [0.05, 0.1) is 18.2 Å². The maximum atomic E-state index is 6.17. The van der Waals surface area contributed by atoms with E-state index in [1.165, 1.54) is 0 Å². The summed E-state index contributed by atoms with van der Waals surface area (Å²) in [6, 6.07) is 7.76. The molecule has 0 aliphatic rings. The summed E-state index contributed by atoms with van der Waals surface area (Å²) in [5, 5.41) is 0. The van der Waals surface area contributed by atoms with Crippen molar-refractivity contribution >= 4 is 0 Å². The Bertz CT molecular complexity index is 333. The van der Waals surface area contributed by atoms with Gasteiger partial charge < -0.3 is 15.2 Å². The highest BCUT2D eigenvalue weighted by molar-refractivity contribution is 5.30. The Balaban J connectivity index is 2.73. The van der Waals surface area contributed by atoms with E-state index in [9.17, 15) is 0 Å². The smallest absolute Gasteiger partial charge is 0.119 e. The Labute approximate surface area is 104 Å². The van der Waals surface area contributed by atoms with E-state index in [1.807, 2.05) is 38.1 Å². The lowest BCUT2D eigenvalue weighted by molar-refractivity contribution is -0.0000445. The molecule has 3 heteroatoms. The molecule has 0 aliphatic heterocycles. The monoisotopic (exact) mass is 237 g/mol. The van der Waals surface area contributed by atoms with Gasteiger partial charge in [-0.25, -0.2) is 0 Å². The third-order valence-corrected chi connectivity index (χ3v) is 2.99. The van der Waals surface area contributed by atoms with Gasteiger partial charge in [0, 0.05) is 7.11 Å². The van der Waals surface area contributed by atoms with E-state index < -0.39 is 0 Å². The van der Waals surface area contributed by atoms with Crippen molar-refractivity contribution < 1.29 is 9.47 Å². The van der Waals surface area contributed by atoms with Crippen LogP contribution in [0.5, 0.6) is 5.75 Å². The summed E-state index contributed by atoms with van der Waals surface area (Å²) < 4.78 is 10.9. The van der Waals surface area contributed by atoms with Crippen LogP contribution in [0.2, 0.25) is 0 Å². The summed E-state index contributed by atoms with van der Waals surface area (Å²) in [5.41, 5.74) is 6.85. The third-order valence-electron chi connectivity index (χ3n) is 2.99. The summed E-state index contributed by atoms with van der Waals surface area (Å²) in [6.07, 6.45) is 1.01. The van der Waals surface area contributed by atoms with Gasteiger partial charge >= 0.3 is 0 Å². The first-order valence-electron chi connectivity index (χ1n) is 6.04. The van der Waals surface area contributed by atoms with Crippen LogP contribution in [0.25, 0.3) is 0 Å². The maximum absolute atomic E-state index is 6.17. The standard InChI is InChI=1S/C14H23NO2/c1-5-10-17-12-8-6-11(7-9-12)13(15)14(2,3)16-4/h6-9,13H,5,10,15H2,1-4H3. The van der Waals surface area contributed by atoms with Gasteiger partial charge in [-0.2, -0.15) is 0 Å². The van der Waals surface area contributed by atoms with Crippen LogP contribution >= 0.6 is 0 Å². The summed E-state index contributed by atoms with van der Waals surface area (Å²) >= 11 is 0. The Kier molecular flexibility index (Phi) is 4.97. The number of rotatable bonds is 6.